The first-order valence-electron chi connectivity index (χ1n) is 23.4. The van der Waals surface area contributed by atoms with E-state index in [4.69, 9.17) is 0 Å². The summed E-state index contributed by atoms with van der Waals surface area (Å²) in [6.45, 7) is 2.27. The molecule has 0 saturated carbocycles. The van der Waals surface area contributed by atoms with Gasteiger partial charge in [-0.25, -0.2) is 0 Å². The lowest BCUT2D eigenvalue weighted by molar-refractivity contribution is 0.717. The largest absolute Gasteiger partial charge is 0.355 e. The Labute approximate surface area is 391 Å². The first-order chi connectivity index (χ1) is 32.7. The number of nitrogens with one attached hydrogen (secondary N) is 1. The van der Waals surface area contributed by atoms with E-state index in [1.54, 1.807) is 0 Å². The van der Waals surface area contributed by atoms with Crippen molar-refractivity contribution in [3.05, 3.63) is 218 Å². The van der Waals surface area contributed by atoms with Gasteiger partial charge in [0.15, 0.2) is 0 Å². The molecule has 2 aromatic heterocycles. The van der Waals surface area contributed by atoms with Crippen LogP contribution in [0.2, 0.25) is 0 Å². The van der Waals surface area contributed by atoms with Gasteiger partial charge >= 0.3 is 0 Å². The molecule has 0 bridgehead atoms. The predicted molar refractivity (Wildman–Crippen MR) is 287 cm³/mol. The molecule has 0 unspecified atom stereocenters. The fourth-order valence-electron chi connectivity index (χ4n) is 10.3. The smallest absolute Gasteiger partial charge is 0.211 e. The van der Waals surface area contributed by atoms with Gasteiger partial charge in [0.2, 0.25) is 7.28 Å². The molecule has 0 amide bonds. The van der Waals surface area contributed by atoms with Crippen LogP contribution in [-0.4, -0.2) is 11.8 Å². The van der Waals surface area contributed by atoms with E-state index < -0.39 is 0 Å². The van der Waals surface area contributed by atoms with E-state index in [1.165, 1.54) is 106 Å². The van der Waals surface area contributed by atoms with Crippen molar-refractivity contribution in [3.63, 3.8) is 0 Å². The number of anilines is 5. The van der Waals surface area contributed by atoms with Crippen LogP contribution in [0.15, 0.2) is 212 Å². The third-order valence-corrected chi connectivity index (χ3v) is 14.6. The van der Waals surface area contributed by atoms with Gasteiger partial charge in [0.1, 0.15) is 0 Å². The zero-order valence-corrected chi connectivity index (χ0v) is 37.9. The van der Waals surface area contributed by atoms with Gasteiger partial charge < -0.3 is 14.8 Å². The Morgan fingerprint density at radius 2 is 1.15 bits per heavy atom. The van der Waals surface area contributed by atoms with E-state index in [0.717, 1.165) is 42.1 Å². The highest BCUT2D eigenvalue weighted by Crippen LogP contribution is 2.49. The second-order valence-electron chi connectivity index (χ2n) is 17.5. The number of unbranched alkanes of at least 4 members (excludes halogenated alkanes) is 2. The quantitative estimate of drug-likeness (QED) is 0.0975. The number of hydrogen-bond donors (Lipinski definition) is 1. The molecule has 1 aliphatic heterocycles. The first kappa shape index (κ1) is 40.0. The minimum atomic E-state index is 0.820. The monoisotopic (exact) mass is 865 g/mol. The SMILES string of the molecule is CCCCCc1ccc(Nc2ccccc2-c2cc(N(c3ccccc3)c3ccccc3)c3c4cc(-c5ccccc5)ccc4n4c3c2Bc2sc3ccc(-c5ccccc5)cc3c2-4)cc1. The van der Waals surface area contributed by atoms with E-state index in [1.807, 2.05) is 11.3 Å². The summed E-state index contributed by atoms with van der Waals surface area (Å²) in [6.07, 6.45) is 4.83. The number of benzene rings is 9. The number of para-hydroxylation sites is 3. The van der Waals surface area contributed by atoms with Crippen LogP contribution in [0.5, 0.6) is 0 Å². The lowest BCUT2D eigenvalue weighted by Gasteiger charge is -2.29. The average Bonchev–Trinajstić information content (AvgIpc) is 3.92. The molecule has 1 aliphatic rings. The van der Waals surface area contributed by atoms with Gasteiger partial charge in [0, 0.05) is 49.2 Å². The van der Waals surface area contributed by atoms with Crippen molar-refractivity contribution in [2.24, 2.45) is 0 Å². The Hall–Kier alpha value is -7.60. The topological polar surface area (TPSA) is 20.2 Å². The average molecular weight is 866 g/mol. The maximum atomic E-state index is 3.91. The van der Waals surface area contributed by atoms with Crippen molar-refractivity contribution in [2.45, 2.75) is 32.6 Å². The molecule has 12 rings (SSSR count). The van der Waals surface area contributed by atoms with Crippen LogP contribution in [0.3, 0.4) is 0 Å². The zero-order chi connectivity index (χ0) is 44.0. The highest BCUT2D eigenvalue weighted by Gasteiger charge is 2.33. The molecule has 316 valence electrons. The molecule has 3 heterocycles. The molecule has 0 atom stereocenters. The molecule has 66 heavy (non-hydrogen) atoms. The van der Waals surface area contributed by atoms with Crippen molar-refractivity contribution >= 4 is 89.2 Å². The molecule has 0 radical (unpaired) electrons. The Bertz CT molecular complexity index is 3480. The molecule has 0 spiro atoms. The van der Waals surface area contributed by atoms with Crippen LogP contribution in [-0.2, 0) is 6.42 Å². The molecule has 3 nitrogen and oxygen atoms in total. The molecule has 0 saturated heterocycles. The summed E-state index contributed by atoms with van der Waals surface area (Å²) >= 11 is 1.94. The Morgan fingerprint density at radius 1 is 0.545 bits per heavy atom. The summed E-state index contributed by atoms with van der Waals surface area (Å²) in [6, 6.07) is 78.1. The van der Waals surface area contributed by atoms with Gasteiger partial charge in [-0.3, -0.25) is 0 Å². The summed E-state index contributed by atoms with van der Waals surface area (Å²) in [7, 11) is 0.820. The van der Waals surface area contributed by atoms with Crippen molar-refractivity contribution < 1.29 is 0 Å². The van der Waals surface area contributed by atoms with Crippen LogP contribution in [0.25, 0.3) is 71.0 Å². The van der Waals surface area contributed by atoms with Crippen molar-refractivity contribution in [1.29, 1.82) is 0 Å². The minimum Gasteiger partial charge on any atom is -0.355 e. The van der Waals surface area contributed by atoms with Crippen LogP contribution in [0.1, 0.15) is 31.7 Å². The van der Waals surface area contributed by atoms with Gasteiger partial charge in [-0.05, 0) is 129 Å². The zero-order valence-electron chi connectivity index (χ0n) is 37.0. The molecule has 0 aliphatic carbocycles. The maximum absolute atomic E-state index is 3.91. The number of aromatic nitrogens is 1. The number of fused-ring (bicyclic) bond motifs is 7. The molecule has 0 fully saturated rings. The normalized spacial score (nSPS) is 11.8. The number of rotatable bonds is 12. The second kappa shape index (κ2) is 17.1. The van der Waals surface area contributed by atoms with E-state index in [9.17, 15) is 0 Å². The summed E-state index contributed by atoms with van der Waals surface area (Å²) < 4.78 is 5.32. The van der Waals surface area contributed by atoms with Gasteiger partial charge in [-0.1, -0.05) is 159 Å². The van der Waals surface area contributed by atoms with Gasteiger partial charge in [0.25, 0.3) is 0 Å². The lowest BCUT2D eigenvalue weighted by Crippen LogP contribution is -2.35. The fourth-order valence-corrected chi connectivity index (χ4v) is 11.4. The minimum absolute atomic E-state index is 0.820. The fraction of sp³-hybridized carbons (Fsp3) is 0.0820. The number of aryl methyl sites for hydroxylation is 1. The molecular weight excluding hydrogens is 818 g/mol. The van der Waals surface area contributed by atoms with Crippen molar-refractivity contribution in [2.75, 3.05) is 10.2 Å². The van der Waals surface area contributed by atoms with Crippen molar-refractivity contribution in [3.8, 4) is 39.1 Å². The molecule has 11 aromatic rings. The highest BCUT2D eigenvalue weighted by molar-refractivity contribution is 7.29. The van der Waals surface area contributed by atoms with E-state index in [-0.39, 0.29) is 0 Å². The van der Waals surface area contributed by atoms with Crippen LogP contribution < -0.4 is 20.5 Å². The van der Waals surface area contributed by atoms with Gasteiger partial charge in [-0.2, -0.15) is 0 Å². The summed E-state index contributed by atoms with van der Waals surface area (Å²) in [5, 5.41) is 7.69. The summed E-state index contributed by atoms with van der Waals surface area (Å²) in [4.78, 5) is 2.48. The summed E-state index contributed by atoms with van der Waals surface area (Å²) in [5.41, 5.74) is 19.3. The Kier molecular flexibility index (Phi) is 10.3. The van der Waals surface area contributed by atoms with E-state index >= 15 is 0 Å². The molecule has 9 aromatic carbocycles. The van der Waals surface area contributed by atoms with E-state index in [2.05, 4.69) is 234 Å². The Morgan fingerprint density at radius 3 is 1.82 bits per heavy atom. The maximum Gasteiger partial charge on any atom is 0.211 e. The van der Waals surface area contributed by atoms with Crippen LogP contribution in [0.4, 0.5) is 28.4 Å². The molecule has 1 N–H and O–H groups in total. The number of thiophene rings is 1. The van der Waals surface area contributed by atoms with Crippen LogP contribution in [0, 0.1) is 0 Å². The van der Waals surface area contributed by atoms with E-state index in [0.29, 0.717) is 0 Å². The van der Waals surface area contributed by atoms with Crippen molar-refractivity contribution in [1.82, 2.24) is 4.57 Å². The van der Waals surface area contributed by atoms with Gasteiger partial charge in [0.05, 0.1) is 22.4 Å². The van der Waals surface area contributed by atoms with Crippen LogP contribution >= 0.6 is 11.3 Å². The third-order valence-electron chi connectivity index (χ3n) is 13.4. The first-order valence-corrected chi connectivity index (χ1v) is 24.2. The Balaban J connectivity index is 1.17. The molecular formula is C61H48BN3S. The standard InChI is InChI=1S/C61H48BN3S/c1-2-3-8-19-41-30-34-46(35-31-41)63-53-29-18-17-28-49(53)50-40-55(64(47-24-13-6-14-25-47)48-26-15-7-16-27-48)57-51-38-44(42-20-9-4-10-21-42)32-36-54(51)65-59-52-39-45(43-22-11-5-12-23-43)33-37-56(52)66-61(59)62-58(50)60(57)65/h4-7,9-18,20-40,62-63H,2-3,8,19H2,1H3. The number of nitrogens with zero attached hydrogens (tertiary/aromatic N) is 2. The number of hydrogen-bond acceptors (Lipinski definition) is 3. The summed E-state index contributed by atoms with van der Waals surface area (Å²) in [5.74, 6) is 0. The highest BCUT2D eigenvalue weighted by atomic mass is 32.1. The second-order valence-corrected chi connectivity index (χ2v) is 18.7. The third kappa shape index (κ3) is 7.08. The molecule has 5 heteroatoms. The lowest BCUT2D eigenvalue weighted by atomic mass is 9.63. The predicted octanol–water partition coefficient (Wildman–Crippen LogP) is 15.6. The van der Waals surface area contributed by atoms with Gasteiger partial charge in [-0.15, -0.1) is 11.3 Å².